The Balaban J connectivity index is 1.47. The fourth-order valence-corrected chi connectivity index (χ4v) is 5.75. The molecule has 11 nitrogen and oxygen atoms in total. The number of carbonyl (C=O) groups excluding carboxylic acids is 1. The number of rotatable bonds is 5. The van der Waals surface area contributed by atoms with Crippen LogP contribution >= 0.6 is 11.3 Å². The zero-order valence-corrected chi connectivity index (χ0v) is 18.0. The summed E-state index contributed by atoms with van der Waals surface area (Å²) in [4.78, 5) is 26.1. The van der Waals surface area contributed by atoms with Gasteiger partial charge in [0, 0.05) is 51.6 Å². The second-order valence-corrected chi connectivity index (χ2v) is 9.83. The summed E-state index contributed by atoms with van der Waals surface area (Å²) in [6.07, 6.45) is 4.76. The molecule has 1 aliphatic rings. The molecule has 1 N–H and O–H groups in total. The van der Waals surface area contributed by atoms with Gasteiger partial charge in [-0.2, -0.15) is 9.40 Å². The molecule has 0 spiro atoms. The molecule has 0 bridgehead atoms. The highest BCUT2D eigenvalue weighted by Gasteiger charge is 2.31. The van der Waals surface area contributed by atoms with Gasteiger partial charge in [-0.3, -0.25) is 4.79 Å². The van der Waals surface area contributed by atoms with E-state index < -0.39 is 10.0 Å². The zero-order chi connectivity index (χ0) is 21.3. The van der Waals surface area contributed by atoms with Gasteiger partial charge in [0.15, 0.2) is 15.2 Å². The second-order valence-electron chi connectivity index (χ2n) is 6.64. The molecule has 0 radical (unpaired) electrons. The van der Waals surface area contributed by atoms with Crippen molar-refractivity contribution in [2.75, 3.05) is 36.4 Å². The molecule has 1 saturated heterocycles. The summed E-state index contributed by atoms with van der Waals surface area (Å²) < 4.78 is 29.0. The first-order valence-electron chi connectivity index (χ1n) is 9.17. The summed E-state index contributed by atoms with van der Waals surface area (Å²) in [7, 11) is -3.67. The molecule has 30 heavy (non-hydrogen) atoms. The van der Waals surface area contributed by atoms with Gasteiger partial charge < -0.3 is 10.2 Å². The first-order chi connectivity index (χ1) is 14.3. The molecule has 0 aliphatic carbocycles. The van der Waals surface area contributed by atoms with Gasteiger partial charge in [0.2, 0.25) is 5.91 Å². The minimum absolute atomic E-state index is 0.110. The maximum absolute atomic E-state index is 12.9. The monoisotopic (exact) mass is 448 g/mol. The van der Waals surface area contributed by atoms with Crippen molar-refractivity contribution in [3.63, 3.8) is 0 Å². The Labute approximate surface area is 177 Å². The molecular weight excluding hydrogens is 428 g/mol. The van der Waals surface area contributed by atoms with Crippen LogP contribution in [-0.4, -0.2) is 69.5 Å². The van der Waals surface area contributed by atoms with Gasteiger partial charge >= 0.3 is 0 Å². The van der Waals surface area contributed by atoms with Crippen LogP contribution in [-0.2, 0) is 14.8 Å². The van der Waals surface area contributed by atoms with Crippen molar-refractivity contribution < 1.29 is 13.2 Å². The normalized spacial score (nSPS) is 15.3. The molecule has 1 amide bonds. The van der Waals surface area contributed by atoms with Crippen molar-refractivity contribution in [3.05, 3.63) is 36.5 Å². The molecular formula is C17H20N8O3S2. The molecule has 0 unspecified atom stereocenters. The molecule has 4 rings (SSSR count). The number of aromatic nitrogens is 5. The van der Waals surface area contributed by atoms with Gasteiger partial charge in [0.1, 0.15) is 11.6 Å². The number of hydrogen-bond donors (Lipinski definition) is 1. The molecule has 3 aromatic heterocycles. The van der Waals surface area contributed by atoms with Crippen LogP contribution in [0.1, 0.15) is 12.7 Å². The maximum atomic E-state index is 12.9. The Hall–Kier alpha value is -2.90. The van der Waals surface area contributed by atoms with Gasteiger partial charge in [-0.1, -0.05) is 11.3 Å². The molecule has 4 heterocycles. The summed E-state index contributed by atoms with van der Waals surface area (Å²) in [6, 6.07) is 3.66. The van der Waals surface area contributed by atoms with E-state index in [9.17, 15) is 13.2 Å². The van der Waals surface area contributed by atoms with Crippen molar-refractivity contribution in [1.29, 1.82) is 0 Å². The Kier molecular flexibility index (Phi) is 5.49. The molecule has 0 saturated carbocycles. The van der Waals surface area contributed by atoms with Crippen LogP contribution in [0.25, 0.3) is 5.82 Å². The van der Waals surface area contributed by atoms with Gasteiger partial charge in [-0.05, 0) is 13.0 Å². The number of aryl methyl sites for hydroxylation is 1. The Morgan fingerprint density at radius 3 is 2.57 bits per heavy atom. The van der Waals surface area contributed by atoms with Crippen molar-refractivity contribution in [1.82, 2.24) is 29.0 Å². The lowest BCUT2D eigenvalue weighted by Crippen LogP contribution is -2.48. The fourth-order valence-electron chi connectivity index (χ4n) is 3.09. The molecule has 13 heteroatoms. The Bertz CT molecular complexity index is 1150. The standard InChI is InChI=1S/C17H20N8O3S2/c1-12-20-14(10-15(21-12)25-5-3-4-19-25)23-6-8-24(9-7-23)30(27,28)16-11-18-17(29-16)22-13(2)26/h3-5,10-11H,6-9H2,1-2H3,(H,18,22,26). The smallest absolute Gasteiger partial charge is 0.254 e. The number of nitrogens with zero attached hydrogens (tertiary/aromatic N) is 7. The Morgan fingerprint density at radius 2 is 1.90 bits per heavy atom. The average molecular weight is 449 g/mol. The summed E-state index contributed by atoms with van der Waals surface area (Å²) in [5.74, 6) is 1.71. The first-order valence-corrected chi connectivity index (χ1v) is 11.4. The summed E-state index contributed by atoms with van der Waals surface area (Å²) in [5, 5.41) is 6.97. The number of nitrogens with one attached hydrogen (secondary N) is 1. The van der Waals surface area contributed by atoms with E-state index in [1.807, 2.05) is 24.0 Å². The number of amides is 1. The molecule has 158 valence electrons. The van der Waals surface area contributed by atoms with Crippen LogP contribution in [0.2, 0.25) is 0 Å². The summed E-state index contributed by atoms with van der Waals surface area (Å²) >= 11 is 0.945. The summed E-state index contributed by atoms with van der Waals surface area (Å²) in [6.45, 7) is 4.78. The van der Waals surface area contributed by atoms with Crippen LogP contribution in [0.15, 0.2) is 34.9 Å². The first kappa shape index (κ1) is 20.4. The Morgan fingerprint density at radius 1 is 1.17 bits per heavy atom. The third-order valence-electron chi connectivity index (χ3n) is 4.47. The van der Waals surface area contributed by atoms with E-state index in [2.05, 4.69) is 25.4 Å². The van der Waals surface area contributed by atoms with Crippen LogP contribution in [0.4, 0.5) is 10.9 Å². The van der Waals surface area contributed by atoms with Gasteiger partial charge in [-0.15, -0.1) is 0 Å². The quantitative estimate of drug-likeness (QED) is 0.610. The number of piperazine rings is 1. The van der Waals surface area contributed by atoms with E-state index in [1.54, 1.807) is 17.1 Å². The van der Waals surface area contributed by atoms with Crippen molar-refractivity contribution in [2.45, 2.75) is 18.1 Å². The highest BCUT2D eigenvalue weighted by molar-refractivity contribution is 7.91. The van der Waals surface area contributed by atoms with Crippen molar-refractivity contribution in [3.8, 4) is 5.82 Å². The van der Waals surface area contributed by atoms with E-state index in [4.69, 9.17) is 0 Å². The number of anilines is 2. The van der Waals surface area contributed by atoms with Gasteiger partial charge in [-0.25, -0.2) is 28.1 Å². The predicted octanol–water partition coefficient (Wildman–Crippen LogP) is 0.897. The largest absolute Gasteiger partial charge is 0.354 e. The molecule has 0 aromatic carbocycles. The lowest BCUT2D eigenvalue weighted by atomic mass is 10.3. The molecule has 1 aliphatic heterocycles. The van der Waals surface area contributed by atoms with E-state index >= 15 is 0 Å². The molecule has 1 fully saturated rings. The van der Waals surface area contributed by atoms with Crippen LogP contribution in [0.5, 0.6) is 0 Å². The number of hydrogen-bond acceptors (Lipinski definition) is 9. The average Bonchev–Trinajstić information content (AvgIpc) is 3.39. The SMILES string of the molecule is CC(=O)Nc1ncc(S(=O)(=O)N2CCN(c3cc(-n4cccn4)nc(C)n3)CC2)s1. The second kappa shape index (κ2) is 8.08. The van der Waals surface area contributed by atoms with Crippen molar-refractivity contribution >= 4 is 38.2 Å². The van der Waals surface area contributed by atoms with Crippen LogP contribution in [0.3, 0.4) is 0 Å². The number of carbonyl (C=O) groups is 1. The molecule has 3 aromatic rings. The number of sulfonamides is 1. The number of thiazole rings is 1. The topological polar surface area (TPSA) is 126 Å². The lowest BCUT2D eigenvalue weighted by molar-refractivity contribution is -0.114. The van der Waals surface area contributed by atoms with Crippen LogP contribution in [0, 0.1) is 6.92 Å². The van der Waals surface area contributed by atoms with Crippen molar-refractivity contribution in [2.24, 2.45) is 0 Å². The fraction of sp³-hybridized carbons (Fsp3) is 0.353. The van der Waals surface area contributed by atoms with Gasteiger partial charge in [0.25, 0.3) is 10.0 Å². The van der Waals surface area contributed by atoms with E-state index in [-0.39, 0.29) is 15.2 Å². The predicted molar refractivity (Wildman–Crippen MR) is 111 cm³/mol. The van der Waals surface area contributed by atoms with E-state index in [0.717, 1.165) is 17.2 Å². The zero-order valence-electron chi connectivity index (χ0n) is 16.4. The highest BCUT2D eigenvalue weighted by atomic mass is 32.2. The molecule has 0 atom stereocenters. The van der Waals surface area contributed by atoms with E-state index in [0.29, 0.717) is 37.8 Å². The minimum atomic E-state index is -3.67. The third kappa shape index (κ3) is 4.17. The highest BCUT2D eigenvalue weighted by Crippen LogP contribution is 2.27. The lowest BCUT2D eigenvalue weighted by Gasteiger charge is -2.34. The maximum Gasteiger partial charge on any atom is 0.254 e. The third-order valence-corrected chi connectivity index (χ3v) is 7.72. The van der Waals surface area contributed by atoms with Crippen LogP contribution < -0.4 is 10.2 Å². The minimum Gasteiger partial charge on any atom is -0.354 e. The van der Waals surface area contributed by atoms with Gasteiger partial charge in [0.05, 0.1) is 6.20 Å². The van der Waals surface area contributed by atoms with E-state index in [1.165, 1.54) is 17.4 Å². The summed E-state index contributed by atoms with van der Waals surface area (Å²) in [5.41, 5.74) is 0.